The maximum Gasteiger partial charge on any atom is 0.129 e. The van der Waals surface area contributed by atoms with Crippen LogP contribution in [0.25, 0.3) is 0 Å². The minimum absolute atomic E-state index is 0.251. The highest BCUT2D eigenvalue weighted by Crippen LogP contribution is 2.15. The molecule has 0 aliphatic heterocycles. The van der Waals surface area contributed by atoms with E-state index in [2.05, 4.69) is 12.2 Å². The zero-order chi connectivity index (χ0) is 13.4. The number of benzene rings is 1. The molecule has 0 heterocycles. The van der Waals surface area contributed by atoms with Crippen molar-refractivity contribution in [2.45, 2.75) is 32.7 Å². The number of hydrogen-bond donors (Lipinski definition) is 1. The van der Waals surface area contributed by atoms with Crippen LogP contribution in [0.3, 0.4) is 0 Å². The molecule has 1 atom stereocenters. The Labute approximate surface area is 119 Å². The predicted molar refractivity (Wildman–Crippen MR) is 76.9 cm³/mol. The fourth-order valence-electron chi connectivity index (χ4n) is 1.99. The maximum atomic E-state index is 13.5. The van der Waals surface area contributed by atoms with Crippen molar-refractivity contribution in [1.82, 2.24) is 5.32 Å². The van der Waals surface area contributed by atoms with Gasteiger partial charge in [-0.25, -0.2) is 4.39 Å². The molecule has 1 aromatic carbocycles. The van der Waals surface area contributed by atoms with Crippen molar-refractivity contribution in [3.8, 4) is 0 Å². The Kier molecular flexibility index (Phi) is 7.64. The summed E-state index contributed by atoms with van der Waals surface area (Å²) in [5.41, 5.74) is 0.653. The van der Waals surface area contributed by atoms with Crippen molar-refractivity contribution in [2.75, 3.05) is 12.4 Å². The van der Waals surface area contributed by atoms with E-state index in [1.54, 1.807) is 12.1 Å². The molecular formula is C14H20Cl2FN. The second kappa shape index (κ2) is 8.73. The first-order valence-corrected chi connectivity index (χ1v) is 7.29. The van der Waals surface area contributed by atoms with Crippen LogP contribution in [0.4, 0.5) is 4.39 Å². The Hall–Kier alpha value is -0.310. The third kappa shape index (κ3) is 5.55. The summed E-state index contributed by atoms with van der Waals surface area (Å²) in [5, 5.41) is 3.72. The average Bonchev–Trinajstić information content (AvgIpc) is 2.32. The van der Waals surface area contributed by atoms with Crippen LogP contribution in [0, 0.1) is 11.7 Å². The first-order chi connectivity index (χ1) is 8.67. The zero-order valence-corrected chi connectivity index (χ0v) is 12.2. The van der Waals surface area contributed by atoms with Gasteiger partial charge in [-0.05, 0) is 37.4 Å². The van der Waals surface area contributed by atoms with Crippen LogP contribution in [0.2, 0.25) is 5.02 Å². The Morgan fingerprint density at radius 2 is 2.11 bits per heavy atom. The van der Waals surface area contributed by atoms with Gasteiger partial charge in [0.2, 0.25) is 0 Å². The van der Waals surface area contributed by atoms with Crippen LogP contribution in [0.15, 0.2) is 18.2 Å². The van der Waals surface area contributed by atoms with Gasteiger partial charge in [-0.2, -0.15) is 0 Å². The number of nitrogens with one attached hydrogen (secondary N) is 1. The Morgan fingerprint density at radius 1 is 1.33 bits per heavy atom. The Balaban J connectivity index is 2.39. The smallest absolute Gasteiger partial charge is 0.129 e. The maximum absolute atomic E-state index is 13.5. The molecule has 1 aromatic rings. The molecule has 0 fully saturated rings. The molecule has 4 heteroatoms. The monoisotopic (exact) mass is 291 g/mol. The van der Waals surface area contributed by atoms with Crippen molar-refractivity contribution in [3.63, 3.8) is 0 Å². The van der Waals surface area contributed by atoms with Crippen LogP contribution in [-0.4, -0.2) is 12.4 Å². The molecule has 0 saturated heterocycles. The van der Waals surface area contributed by atoms with E-state index < -0.39 is 0 Å². The number of rotatable bonds is 8. The summed E-state index contributed by atoms with van der Waals surface area (Å²) in [7, 11) is 0. The highest BCUT2D eigenvalue weighted by Gasteiger charge is 2.08. The summed E-state index contributed by atoms with van der Waals surface area (Å²) in [6, 6.07) is 4.78. The summed E-state index contributed by atoms with van der Waals surface area (Å²) >= 11 is 11.5. The van der Waals surface area contributed by atoms with Gasteiger partial charge in [0.25, 0.3) is 0 Å². The summed E-state index contributed by atoms with van der Waals surface area (Å²) in [6.07, 6.45) is 3.31. The van der Waals surface area contributed by atoms with Crippen LogP contribution in [0.1, 0.15) is 31.7 Å². The Bertz CT molecular complexity index is 352. The van der Waals surface area contributed by atoms with Crippen LogP contribution in [-0.2, 0) is 6.54 Å². The molecule has 0 spiro atoms. The third-order valence-electron chi connectivity index (χ3n) is 2.98. The lowest BCUT2D eigenvalue weighted by molar-refractivity contribution is 0.428. The van der Waals surface area contributed by atoms with E-state index in [0.717, 1.165) is 25.8 Å². The third-order valence-corrected chi connectivity index (χ3v) is 3.43. The van der Waals surface area contributed by atoms with Gasteiger partial charge in [-0.3, -0.25) is 0 Å². The van der Waals surface area contributed by atoms with E-state index in [-0.39, 0.29) is 5.82 Å². The minimum atomic E-state index is -0.251. The fraction of sp³-hybridized carbons (Fsp3) is 0.571. The van der Waals surface area contributed by atoms with Gasteiger partial charge in [0.05, 0.1) is 0 Å². The van der Waals surface area contributed by atoms with E-state index in [9.17, 15) is 4.39 Å². The van der Waals surface area contributed by atoms with Crippen LogP contribution < -0.4 is 5.32 Å². The van der Waals surface area contributed by atoms with E-state index in [1.165, 1.54) is 6.07 Å². The zero-order valence-electron chi connectivity index (χ0n) is 10.7. The molecular weight excluding hydrogens is 272 g/mol. The van der Waals surface area contributed by atoms with E-state index in [0.29, 0.717) is 28.9 Å². The minimum Gasteiger partial charge on any atom is -0.312 e. The van der Waals surface area contributed by atoms with Crippen molar-refractivity contribution in [3.05, 3.63) is 34.6 Å². The molecule has 0 aliphatic rings. The second-order valence-electron chi connectivity index (χ2n) is 4.50. The average molecular weight is 292 g/mol. The molecule has 102 valence electrons. The van der Waals surface area contributed by atoms with Crippen molar-refractivity contribution in [2.24, 2.45) is 5.92 Å². The summed E-state index contributed by atoms with van der Waals surface area (Å²) < 4.78 is 13.5. The lowest BCUT2D eigenvalue weighted by Crippen LogP contribution is -2.23. The largest absolute Gasteiger partial charge is 0.312 e. The molecule has 1 rings (SSSR count). The summed E-state index contributed by atoms with van der Waals surface area (Å²) in [6.45, 7) is 3.58. The summed E-state index contributed by atoms with van der Waals surface area (Å²) in [5.74, 6) is 1.00. The van der Waals surface area contributed by atoms with E-state index in [1.807, 2.05) is 0 Å². The van der Waals surface area contributed by atoms with Gasteiger partial charge < -0.3 is 5.32 Å². The number of halogens is 3. The predicted octanol–water partition coefficient (Wildman–Crippen LogP) is 4.61. The highest BCUT2D eigenvalue weighted by molar-refractivity contribution is 6.30. The Morgan fingerprint density at radius 3 is 2.72 bits per heavy atom. The van der Waals surface area contributed by atoms with Crippen molar-refractivity contribution in [1.29, 1.82) is 0 Å². The van der Waals surface area contributed by atoms with Crippen LogP contribution >= 0.6 is 23.2 Å². The molecule has 0 aliphatic carbocycles. The van der Waals surface area contributed by atoms with Gasteiger partial charge >= 0.3 is 0 Å². The van der Waals surface area contributed by atoms with E-state index >= 15 is 0 Å². The van der Waals surface area contributed by atoms with Gasteiger partial charge in [0.15, 0.2) is 0 Å². The first-order valence-electron chi connectivity index (χ1n) is 6.38. The van der Waals surface area contributed by atoms with Crippen LogP contribution in [0.5, 0.6) is 0 Å². The van der Waals surface area contributed by atoms with Gasteiger partial charge in [0, 0.05) is 23.0 Å². The number of hydrogen-bond acceptors (Lipinski definition) is 1. The lowest BCUT2D eigenvalue weighted by Gasteiger charge is -2.15. The molecule has 1 N–H and O–H groups in total. The molecule has 0 saturated carbocycles. The molecule has 0 bridgehead atoms. The molecule has 1 nitrogen and oxygen atoms in total. The van der Waals surface area contributed by atoms with Gasteiger partial charge in [0.1, 0.15) is 5.82 Å². The second-order valence-corrected chi connectivity index (χ2v) is 5.31. The molecule has 1 unspecified atom stereocenters. The fourth-order valence-corrected chi connectivity index (χ4v) is 2.45. The topological polar surface area (TPSA) is 12.0 Å². The molecule has 18 heavy (non-hydrogen) atoms. The summed E-state index contributed by atoms with van der Waals surface area (Å²) in [4.78, 5) is 0. The molecule has 0 radical (unpaired) electrons. The molecule has 0 amide bonds. The number of alkyl halides is 1. The standard InChI is InChI=1S/C14H20Cl2FN/c1-2-3-11(6-7-15)9-18-10-12-4-5-13(16)8-14(12)17/h4-5,8,11,18H,2-3,6-7,9-10H2,1H3. The lowest BCUT2D eigenvalue weighted by atomic mass is 10.0. The van der Waals surface area contributed by atoms with Gasteiger partial charge in [-0.15, -0.1) is 11.6 Å². The van der Waals surface area contributed by atoms with E-state index in [4.69, 9.17) is 23.2 Å². The normalized spacial score (nSPS) is 12.7. The molecule has 0 aromatic heterocycles. The highest BCUT2D eigenvalue weighted by atomic mass is 35.5. The quantitative estimate of drug-likeness (QED) is 0.690. The van der Waals surface area contributed by atoms with Gasteiger partial charge in [-0.1, -0.05) is 31.0 Å². The van der Waals surface area contributed by atoms with Crippen molar-refractivity contribution >= 4 is 23.2 Å². The van der Waals surface area contributed by atoms with Crippen molar-refractivity contribution < 1.29 is 4.39 Å². The SMILES string of the molecule is CCCC(CCCl)CNCc1ccc(Cl)cc1F. The first kappa shape index (κ1) is 15.7.